The minimum atomic E-state index is 0.603. The number of fused-ring (bicyclic) bond motifs is 7. The molecule has 0 aliphatic heterocycles. The Morgan fingerprint density at radius 3 is 2.19 bits per heavy atom. The van der Waals surface area contributed by atoms with E-state index in [1.807, 2.05) is 66.7 Å². The van der Waals surface area contributed by atoms with Gasteiger partial charge in [0.2, 0.25) is 5.89 Å². The molecule has 0 fully saturated rings. The quantitative estimate of drug-likeness (QED) is 0.191. The number of aromatic nitrogens is 4. The van der Waals surface area contributed by atoms with Gasteiger partial charge in [0.05, 0.1) is 5.56 Å². The largest absolute Gasteiger partial charge is 0.456 e. The van der Waals surface area contributed by atoms with Crippen LogP contribution in [0.5, 0.6) is 0 Å². The first-order valence-electron chi connectivity index (χ1n) is 15.7. The second kappa shape index (κ2) is 10.4. The van der Waals surface area contributed by atoms with Crippen LogP contribution < -0.4 is 0 Å². The van der Waals surface area contributed by atoms with Gasteiger partial charge in [0.25, 0.3) is 0 Å². The molecule has 0 aliphatic carbocycles. The van der Waals surface area contributed by atoms with Crippen molar-refractivity contribution in [1.29, 1.82) is 0 Å². The van der Waals surface area contributed by atoms with E-state index in [9.17, 15) is 0 Å². The van der Waals surface area contributed by atoms with Crippen molar-refractivity contribution in [2.45, 2.75) is 6.92 Å². The maximum Gasteiger partial charge on any atom is 0.228 e. The lowest BCUT2D eigenvalue weighted by atomic mass is 10.0. The van der Waals surface area contributed by atoms with Crippen LogP contribution in [0.3, 0.4) is 0 Å². The SMILES string of the molecule is Cc1ccc2c(c1)oc1ccc(-c3nc(-c4ccccc4)nc(-c4cccc5sc6c(-c7nc8ccccc8o7)cccc6c45)n3)cc12. The summed E-state index contributed by atoms with van der Waals surface area (Å²) in [4.78, 5) is 20.1. The molecule has 0 radical (unpaired) electrons. The van der Waals surface area contributed by atoms with Gasteiger partial charge in [-0.1, -0.05) is 78.9 Å². The van der Waals surface area contributed by atoms with Crippen molar-refractivity contribution in [3.05, 3.63) is 133 Å². The Balaban J connectivity index is 1.19. The molecule has 0 aliphatic rings. The summed E-state index contributed by atoms with van der Waals surface area (Å²) in [6.45, 7) is 2.07. The number of rotatable bonds is 4. The van der Waals surface area contributed by atoms with Gasteiger partial charge in [-0.15, -0.1) is 11.3 Å². The number of thiophene rings is 1. The van der Waals surface area contributed by atoms with E-state index < -0.39 is 0 Å². The molecule has 0 N–H and O–H groups in total. The Kier molecular flexibility index (Phi) is 5.86. The fraction of sp³-hybridized carbons (Fsp3) is 0.0244. The zero-order chi connectivity index (χ0) is 31.8. The minimum Gasteiger partial charge on any atom is -0.456 e. The van der Waals surface area contributed by atoms with Crippen LogP contribution in [0.25, 0.3) is 98.8 Å². The van der Waals surface area contributed by atoms with Crippen molar-refractivity contribution in [1.82, 2.24) is 19.9 Å². The molecule has 6 aromatic carbocycles. The van der Waals surface area contributed by atoms with Gasteiger partial charge < -0.3 is 8.83 Å². The van der Waals surface area contributed by atoms with Gasteiger partial charge in [-0.25, -0.2) is 19.9 Å². The van der Waals surface area contributed by atoms with Crippen LogP contribution in [0.2, 0.25) is 0 Å². The number of furan rings is 1. The third-order valence-corrected chi connectivity index (χ3v) is 10.0. The van der Waals surface area contributed by atoms with Gasteiger partial charge in [-0.05, 0) is 61.0 Å². The van der Waals surface area contributed by atoms with E-state index in [1.165, 1.54) is 0 Å². The summed E-state index contributed by atoms with van der Waals surface area (Å²) >= 11 is 1.73. The van der Waals surface area contributed by atoms with E-state index in [-0.39, 0.29) is 0 Å². The molecule has 10 rings (SSSR count). The summed E-state index contributed by atoms with van der Waals surface area (Å²) in [7, 11) is 0. The molecule has 4 heterocycles. The smallest absolute Gasteiger partial charge is 0.228 e. The second-order valence-corrected chi connectivity index (χ2v) is 13.0. The van der Waals surface area contributed by atoms with Crippen LogP contribution >= 0.6 is 11.3 Å². The van der Waals surface area contributed by atoms with Gasteiger partial charge >= 0.3 is 0 Å². The number of hydrogen-bond acceptors (Lipinski definition) is 7. The molecule has 48 heavy (non-hydrogen) atoms. The highest BCUT2D eigenvalue weighted by Crippen LogP contribution is 2.44. The summed E-state index contributed by atoms with van der Waals surface area (Å²) in [5.74, 6) is 2.45. The van der Waals surface area contributed by atoms with Crippen molar-refractivity contribution < 1.29 is 8.83 Å². The third kappa shape index (κ3) is 4.25. The van der Waals surface area contributed by atoms with E-state index in [1.54, 1.807) is 11.3 Å². The highest BCUT2D eigenvalue weighted by molar-refractivity contribution is 7.26. The average molecular weight is 637 g/mol. The van der Waals surface area contributed by atoms with Gasteiger partial charge in [0, 0.05) is 47.6 Å². The van der Waals surface area contributed by atoms with E-state index in [2.05, 4.69) is 67.6 Å². The highest BCUT2D eigenvalue weighted by Gasteiger charge is 2.20. The maximum atomic E-state index is 6.22. The number of oxazole rings is 1. The predicted octanol–water partition coefficient (Wildman–Crippen LogP) is 11.3. The Labute approximate surface area is 278 Å². The van der Waals surface area contributed by atoms with E-state index >= 15 is 0 Å². The van der Waals surface area contributed by atoms with E-state index in [0.717, 1.165) is 81.0 Å². The van der Waals surface area contributed by atoms with Crippen molar-refractivity contribution in [3.8, 4) is 45.6 Å². The van der Waals surface area contributed by atoms with Crippen molar-refractivity contribution in [3.63, 3.8) is 0 Å². The van der Waals surface area contributed by atoms with Crippen LogP contribution in [0.15, 0.2) is 136 Å². The minimum absolute atomic E-state index is 0.603. The Hall–Kier alpha value is -6.18. The normalized spacial score (nSPS) is 11.9. The molecule has 0 amide bonds. The van der Waals surface area contributed by atoms with Crippen molar-refractivity contribution in [2.24, 2.45) is 0 Å². The zero-order valence-corrected chi connectivity index (χ0v) is 26.5. The van der Waals surface area contributed by atoms with Gasteiger partial charge in [0.1, 0.15) is 16.7 Å². The third-order valence-electron chi connectivity index (χ3n) is 8.84. The molecule has 0 bridgehead atoms. The summed E-state index contributed by atoms with van der Waals surface area (Å²) in [5.41, 5.74) is 8.21. The molecule has 226 valence electrons. The van der Waals surface area contributed by atoms with Gasteiger partial charge in [-0.2, -0.15) is 0 Å². The Bertz CT molecular complexity index is 2830. The average Bonchev–Trinajstić information content (AvgIpc) is 3.84. The molecule has 10 aromatic rings. The molecule has 0 atom stereocenters. The first kappa shape index (κ1) is 27.0. The number of aryl methyl sites for hydroxylation is 1. The topological polar surface area (TPSA) is 77.8 Å². The van der Waals surface area contributed by atoms with E-state index in [0.29, 0.717) is 23.4 Å². The lowest BCUT2D eigenvalue weighted by Crippen LogP contribution is -2.00. The van der Waals surface area contributed by atoms with Crippen LogP contribution in [0.4, 0.5) is 0 Å². The number of para-hydroxylation sites is 2. The summed E-state index contributed by atoms with van der Waals surface area (Å²) in [5, 5.41) is 4.30. The molecule has 6 nitrogen and oxygen atoms in total. The number of benzene rings is 6. The maximum absolute atomic E-state index is 6.22. The zero-order valence-electron chi connectivity index (χ0n) is 25.6. The van der Waals surface area contributed by atoms with Crippen LogP contribution in [0, 0.1) is 6.92 Å². The molecule has 0 unspecified atom stereocenters. The highest BCUT2D eigenvalue weighted by atomic mass is 32.1. The molecular formula is C41H24N4O2S. The fourth-order valence-corrected chi connectivity index (χ4v) is 7.79. The molecule has 7 heteroatoms. The molecule has 0 saturated heterocycles. The molecule has 0 saturated carbocycles. The summed E-state index contributed by atoms with van der Waals surface area (Å²) < 4.78 is 14.6. The van der Waals surface area contributed by atoms with Gasteiger partial charge in [0.15, 0.2) is 23.1 Å². The number of hydrogen-bond donors (Lipinski definition) is 0. The monoisotopic (exact) mass is 636 g/mol. The first-order valence-corrected chi connectivity index (χ1v) is 16.5. The Morgan fingerprint density at radius 1 is 0.500 bits per heavy atom. The number of nitrogens with zero attached hydrogens (tertiary/aromatic N) is 4. The van der Waals surface area contributed by atoms with Crippen molar-refractivity contribution >= 4 is 64.5 Å². The summed E-state index contributed by atoms with van der Waals surface area (Å²) in [6.07, 6.45) is 0. The molecular weight excluding hydrogens is 613 g/mol. The van der Waals surface area contributed by atoms with Crippen molar-refractivity contribution in [2.75, 3.05) is 0 Å². The lowest BCUT2D eigenvalue weighted by molar-refractivity contribution is 0.621. The fourth-order valence-electron chi connectivity index (χ4n) is 6.56. The van der Waals surface area contributed by atoms with Crippen LogP contribution in [-0.4, -0.2) is 19.9 Å². The lowest BCUT2D eigenvalue weighted by Gasteiger charge is -2.10. The predicted molar refractivity (Wildman–Crippen MR) is 194 cm³/mol. The first-order chi connectivity index (χ1) is 23.7. The molecule has 4 aromatic heterocycles. The Morgan fingerprint density at radius 2 is 1.29 bits per heavy atom. The standard InChI is InChI=1S/C41H24N4O2S/c1-23-17-19-26-30-22-25(18-20-32(30)46-34(26)21-23)39-43-38(24-9-3-2-4-10-24)44-40(45-39)28-12-8-16-35-36(28)27-11-7-13-29(37(27)48-35)41-42-31-14-5-6-15-33(31)47-41/h2-22H,1H3. The summed E-state index contributed by atoms with van der Waals surface area (Å²) in [6, 6.07) is 43.0. The van der Waals surface area contributed by atoms with Crippen LogP contribution in [0.1, 0.15) is 5.56 Å². The molecule has 0 spiro atoms. The second-order valence-electron chi connectivity index (χ2n) is 11.9. The van der Waals surface area contributed by atoms with Gasteiger partial charge in [-0.3, -0.25) is 0 Å². The van der Waals surface area contributed by atoms with Crippen LogP contribution in [-0.2, 0) is 0 Å². The van der Waals surface area contributed by atoms with E-state index in [4.69, 9.17) is 28.8 Å².